The van der Waals surface area contributed by atoms with E-state index in [0.717, 1.165) is 49.6 Å². The summed E-state index contributed by atoms with van der Waals surface area (Å²) in [7, 11) is 2.02. The van der Waals surface area contributed by atoms with E-state index in [1.165, 1.54) is 24.8 Å². The second kappa shape index (κ2) is 9.18. The third kappa shape index (κ3) is 4.68. The molecular weight excluding hydrogens is 412 g/mol. The van der Waals surface area contributed by atoms with E-state index in [4.69, 9.17) is 0 Å². The molecule has 2 fully saturated rings. The van der Waals surface area contributed by atoms with Crippen molar-refractivity contribution >= 4 is 11.6 Å². The first-order valence-corrected chi connectivity index (χ1v) is 11.8. The lowest BCUT2D eigenvalue weighted by molar-refractivity contribution is 0.317. The monoisotopic (exact) mass is 442 g/mol. The van der Waals surface area contributed by atoms with Gasteiger partial charge in [0, 0.05) is 13.6 Å². The standard InChI is InChI=1S/C25H30N8/c1-32(16-19-8-4-2-5-9-19)23-15-27-22(14-28-23)29-24(20-10-6-3-7-11-20)21-17-33(31-30-21)25(18-26)12-13-25/h2,4-5,8-9,14-15,17,20,24H,3,6-7,10-13,16H2,1H3,(H,27,29)/t24-/m1/s1. The van der Waals surface area contributed by atoms with Gasteiger partial charge in [0.15, 0.2) is 5.54 Å². The van der Waals surface area contributed by atoms with Crippen molar-refractivity contribution in [3.63, 3.8) is 0 Å². The molecule has 2 aliphatic carbocycles. The minimum Gasteiger partial charge on any atom is -0.360 e. The molecule has 3 aromatic rings. The molecule has 0 amide bonds. The van der Waals surface area contributed by atoms with Gasteiger partial charge in [-0.05, 0) is 37.2 Å². The number of nitrogens with zero attached hydrogens (tertiary/aromatic N) is 7. The molecule has 170 valence electrons. The maximum Gasteiger partial charge on any atom is 0.150 e. The van der Waals surface area contributed by atoms with Crippen LogP contribution in [0.5, 0.6) is 0 Å². The molecule has 1 atom stereocenters. The number of hydrogen-bond acceptors (Lipinski definition) is 7. The van der Waals surface area contributed by atoms with Crippen LogP contribution in [0.2, 0.25) is 0 Å². The highest BCUT2D eigenvalue weighted by molar-refractivity contribution is 5.42. The first-order valence-electron chi connectivity index (χ1n) is 11.8. The highest BCUT2D eigenvalue weighted by Crippen LogP contribution is 2.43. The Balaban J connectivity index is 1.32. The lowest BCUT2D eigenvalue weighted by atomic mass is 9.83. The molecule has 0 aliphatic heterocycles. The molecule has 0 unspecified atom stereocenters. The van der Waals surface area contributed by atoms with Crippen LogP contribution in [0.4, 0.5) is 11.6 Å². The van der Waals surface area contributed by atoms with Gasteiger partial charge in [0.05, 0.1) is 30.7 Å². The summed E-state index contributed by atoms with van der Waals surface area (Å²) in [5.41, 5.74) is 1.62. The minimum atomic E-state index is -0.493. The third-order valence-corrected chi connectivity index (χ3v) is 6.92. The van der Waals surface area contributed by atoms with Crippen LogP contribution in [-0.2, 0) is 12.1 Å². The Morgan fingerprint density at radius 3 is 2.61 bits per heavy atom. The van der Waals surface area contributed by atoms with Gasteiger partial charge in [-0.25, -0.2) is 14.6 Å². The largest absolute Gasteiger partial charge is 0.360 e. The van der Waals surface area contributed by atoms with Crippen LogP contribution >= 0.6 is 0 Å². The molecule has 5 rings (SSSR count). The first kappa shape index (κ1) is 21.4. The number of hydrogen-bond donors (Lipinski definition) is 1. The Kier molecular flexibility index (Phi) is 5.95. The lowest BCUT2D eigenvalue weighted by Gasteiger charge is -2.30. The molecule has 8 nitrogen and oxygen atoms in total. The van der Waals surface area contributed by atoms with Crippen LogP contribution in [0, 0.1) is 17.2 Å². The Bertz CT molecular complexity index is 1090. The molecular formula is C25H30N8. The van der Waals surface area contributed by atoms with E-state index >= 15 is 0 Å². The van der Waals surface area contributed by atoms with Crippen molar-refractivity contribution in [3.8, 4) is 6.07 Å². The molecule has 0 spiro atoms. The van der Waals surface area contributed by atoms with E-state index in [1.807, 2.05) is 37.6 Å². The third-order valence-electron chi connectivity index (χ3n) is 6.92. The van der Waals surface area contributed by atoms with Crippen LogP contribution in [0.1, 0.15) is 62.2 Å². The van der Waals surface area contributed by atoms with Gasteiger partial charge in [-0.1, -0.05) is 54.8 Å². The summed E-state index contributed by atoms with van der Waals surface area (Å²) in [6, 6.07) is 12.7. The van der Waals surface area contributed by atoms with Gasteiger partial charge in [-0.2, -0.15) is 5.26 Å². The molecule has 0 saturated heterocycles. The van der Waals surface area contributed by atoms with Crippen LogP contribution in [0.3, 0.4) is 0 Å². The quantitative estimate of drug-likeness (QED) is 0.550. The van der Waals surface area contributed by atoms with Crippen LogP contribution in [0.25, 0.3) is 0 Å². The Morgan fingerprint density at radius 2 is 1.94 bits per heavy atom. The van der Waals surface area contributed by atoms with E-state index in [-0.39, 0.29) is 6.04 Å². The first-order chi connectivity index (χ1) is 16.2. The van der Waals surface area contributed by atoms with Crippen molar-refractivity contribution < 1.29 is 0 Å². The topological polar surface area (TPSA) is 95.6 Å². The maximum absolute atomic E-state index is 9.53. The molecule has 1 aromatic carbocycles. The average molecular weight is 443 g/mol. The van der Waals surface area contributed by atoms with Gasteiger partial charge in [0.1, 0.15) is 17.3 Å². The summed E-state index contributed by atoms with van der Waals surface area (Å²) >= 11 is 0. The SMILES string of the molecule is CN(Cc1ccccc1)c1cnc(N[C@@H](c2cn(C3(C#N)CC3)nn2)C2CCCCC2)cn1. The number of anilines is 2. The van der Waals surface area contributed by atoms with Crippen molar-refractivity contribution in [1.82, 2.24) is 25.0 Å². The normalized spacial score (nSPS) is 18.3. The highest BCUT2D eigenvalue weighted by atomic mass is 15.5. The Labute approximate surface area is 194 Å². The molecule has 1 N–H and O–H groups in total. The molecule has 2 aliphatic rings. The summed E-state index contributed by atoms with van der Waals surface area (Å²) in [5, 5.41) is 21.9. The van der Waals surface area contributed by atoms with Crippen LogP contribution < -0.4 is 10.2 Å². The van der Waals surface area contributed by atoms with Gasteiger partial charge >= 0.3 is 0 Å². The van der Waals surface area contributed by atoms with Gasteiger partial charge in [0.2, 0.25) is 0 Å². The second-order valence-electron chi connectivity index (χ2n) is 9.35. The van der Waals surface area contributed by atoms with Gasteiger partial charge < -0.3 is 10.2 Å². The van der Waals surface area contributed by atoms with Gasteiger partial charge in [-0.15, -0.1) is 5.10 Å². The van der Waals surface area contributed by atoms with Crippen molar-refractivity contribution in [2.45, 2.75) is 63.1 Å². The maximum atomic E-state index is 9.53. The fourth-order valence-electron chi connectivity index (χ4n) is 4.73. The predicted molar refractivity (Wildman–Crippen MR) is 126 cm³/mol. The summed E-state index contributed by atoms with van der Waals surface area (Å²) in [5.74, 6) is 2.02. The Morgan fingerprint density at radius 1 is 1.15 bits per heavy atom. The molecule has 33 heavy (non-hydrogen) atoms. The summed E-state index contributed by atoms with van der Waals surface area (Å²) in [4.78, 5) is 11.4. The van der Waals surface area contributed by atoms with E-state index in [2.05, 4.69) is 48.7 Å². The number of benzene rings is 1. The van der Waals surface area contributed by atoms with Crippen LogP contribution in [-0.4, -0.2) is 32.0 Å². The number of rotatable bonds is 8. The number of nitriles is 1. The molecule has 0 radical (unpaired) electrons. The highest BCUT2D eigenvalue weighted by Gasteiger charge is 2.47. The number of aromatic nitrogens is 5. The van der Waals surface area contributed by atoms with E-state index in [0.29, 0.717) is 5.92 Å². The van der Waals surface area contributed by atoms with Gasteiger partial charge in [-0.3, -0.25) is 0 Å². The van der Waals surface area contributed by atoms with E-state index < -0.39 is 5.54 Å². The van der Waals surface area contributed by atoms with E-state index in [9.17, 15) is 5.26 Å². The second-order valence-corrected chi connectivity index (χ2v) is 9.35. The zero-order valence-electron chi connectivity index (χ0n) is 19.1. The zero-order chi connectivity index (χ0) is 22.7. The van der Waals surface area contributed by atoms with Crippen molar-refractivity contribution in [2.24, 2.45) is 5.92 Å². The van der Waals surface area contributed by atoms with Gasteiger partial charge in [0.25, 0.3) is 0 Å². The van der Waals surface area contributed by atoms with E-state index in [1.54, 1.807) is 10.9 Å². The molecule has 0 bridgehead atoms. The van der Waals surface area contributed by atoms with Crippen LogP contribution in [0.15, 0.2) is 48.9 Å². The molecule has 2 heterocycles. The van der Waals surface area contributed by atoms with Crippen molar-refractivity contribution in [2.75, 3.05) is 17.3 Å². The lowest BCUT2D eigenvalue weighted by Crippen LogP contribution is -2.24. The van der Waals surface area contributed by atoms with Crippen molar-refractivity contribution in [3.05, 3.63) is 60.2 Å². The average Bonchev–Trinajstić information content (AvgIpc) is 3.52. The fourth-order valence-corrected chi connectivity index (χ4v) is 4.73. The summed E-state index contributed by atoms with van der Waals surface area (Å²) in [6.45, 7) is 0.775. The Hall–Kier alpha value is -3.47. The molecule has 2 aromatic heterocycles. The number of nitrogens with one attached hydrogen (secondary N) is 1. The molecule has 8 heteroatoms. The smallest absolute Gasteiger partial charge is 0.150 e. The predicted octanol–water partition coefficient (Wildman–Crippen LogP) is 4.45. The zero-order valence-corrected chi connectivity index (χ0v) is 19.1. The summed E-state index contributed by atoms with van der Waals surface area (Å²) < 4.78 is 1.76. The van der Waals surface area contributed by atoms with Crippen molar-refractivity contribution in [1.29, 1.82) is 5.26 Å². The fraction of sp³-hybridized carbons (Fsp3) is 0.480. The minimum absolute atomic E-state index is 0.00995. The summed E-state index contributed by atoms with van der Waals surface area (Å²) in [6.07, 6.45) is 13.3. The molecule has 2 saturated carbocycles.